The van der Waals surface area contributed by atoms with Crippen LogP contribution >= 0.6 is 0 Å². The minimum atomic E-state index is 0.112. The molecule has 3 nitrogen and oxygen atoms in total. The lowest BCUT2D eigenvalue weighted by atomic mass is 9.87. The minimum absolute atomic E-state index is 0.112. The molecule has 0 saturated carbocycles. The van der Waals surface area contributed by atoms with Crippen molar-refractivity contribution in [2.24, 2.45) is 0 Å². The van der Waals surface area contributed by atoms with Crippen LogP contribution in [0.2, 0.25) is 0 Å². The highest BCUT2D eigenvalue weighted by atomic mass is 16.5. The molecule has 0 unspecified atom stereocenters. The van der Waals surface area contributed by atoms with E-state index in [0.717, 1.165) is 22.2 Å². The van der Waals surface area contributed by atoms with Gasteiger partial charge in [0.1, 0.15) is 5.75 Å². The molecule has 27 heavy (non-hydrogen) atoms. The Morgan fingerprint density at radius 3 is 2.07 bits per heavy atom. The third kappa shape index (κ3) is 3.68. The molecule has 3 aromatic carbocycles. The van der Waals surface area contributed by atoms with Gasteiger partial charge in [-0.15, -0.1) is 0 Å². The zero-order valence-electron chi connectivity index (χ0n) is 15.8. The number of fused-ring (bicyclic) bond motifs is 1. The molecule has 4 rings (SSSR count). The highest BCUT2D eigenvalue weighted by Gasteiger charge is 2.14. The first-order chi connectivity index (χ1) is 13.0. The van der Waals surface area contributed by atoms with E-state index in [1.807, 2.05) is 66.7 Å². The number of ether oxygens (including phenoxy) is 1. The van der Waals surface area contributed by atoms with Crippen LogP contribution in [0.1, 0.15) is 26.3 Å². The van der Waals surface area contributed by atoms with Gasteiger partial charge in [0.15, 0.2) is 5.82 Å². The quantitative estimate of drug-likeness (QED) is 0.428. The Hall–Kier alpha value is -3.20. The van der Waals surface area contributed by atoms with Gasteiger partial charge in [0.25, 0.3) is 0 Å². The first-order valence-corrected chi connectivity index (χ1v) is 9.11. The van der Waals surface area contributed by atoms with Crippen molar-refractivity contribution in [3.63, 3.8) is 0 Å². The van der Waals surface area contributed by atoms with Crippen LogP contribution in [-0.2, 0) is 5.41 Å². The lowest BCUT2D eigenvalue weighted by Gasteiger charge is -2.19. The topological polar surface area (TPSA) is 35.0 Å². The highest BCUT2D eigenvalue weighted by molar-refractivity contribution is 5.85. The molecule has 4 aromatic rings. The van der Waals surface area contributed by atoms with Crippen LogP contribution in [0.15, 0.2) is 78.9 Å². The third-order valence-corrected chi connectivity index (χ3v) is 4.54. The fraction of sp³-hybridized carbons (Fsp3) is 0.167. The normalized spacial score (nSPS) is 11.5. The van der Waals surface area contributed by atoms with E-state index in [-0.39, 0.29) is 5.41 Å². The first kappa shape index (κ1) is 17.2. The van der Waals surface area contributed by atoms with E-state index in [4.69, 9.17) is 14.7 Å². The summed E-state index contributed by atoms with van der Waals surface area (Å²) < 4.78 is 6.17. The van der Waals surface area contributed by atoms with E-state index in [9.17, 15) is 0 Å². The number of para-hydroxylation sites is 1. The maximum absolute atomic E-state index is 6.17. The predicted octanol–water partition coefficient (Wildman–Crippen LogP) is 6.39. The van der Waals surface area contributed by atoms with Crippen molar-refractivity contribution in [3.05, 3.63) is 84.4 Å². The lowest BCUT2D eigenvalue weighted by Crippen LogP contribution is -2.10. The second-order valence-corrected chi connectivity index (χ2v) is 7.61. The molecular formula is C24H22N2O. The van der Waals surface area contributed by atoms with Crippen LogP contribution in [0.3, 0.4) is 0 Å². The zero-order chi connectivity index (χ0) is 18.9. The molecular weight excluding hydrogens is 332 g/mol. The molecule has 0 atom stereocenters. The van der Waals surface area contributed by atoms with Gasteiger partial charge in [0, 0.05) is 5.56 Å². The van der Waals surface area contributed by atoms with E-state index in [2.05, 4.69) is 32.9 Å². The van der Waals surface area contributed by atoms with Gasteiger partial charge in [-0.05, 0) is 35.2 Å². The number of rotatable bonds is 3. The summed E-state index contributed by atoms with van der Waals surface area (Å²) >= 11 is 0. The van der Waals surface area contributed by atoms with Gasteiger partial charge in [0.2, 0.25) is 5.88 Å². The summed E-state index contributed by atoms with van der Waals surface area (Å²) in [5.41, 5.74) is 3.22. The first-order valence-electron chi connectivity index (χ1n) is 9.11. The summed E-state index contributed by atoms with van der Waals surface area (Å²) in [5.74, 6) is 2.00. The molecule has 0 spiro atoms. The third-order valence-electron chi connectivity index (χ3n) is 4.54. The molecule has 0 aliphatic carbocycles. The van der Waals surface area contributed by atoms with Crippen LogP contribution < -0.4 is 4.74 Å². The Labute approximate surface area is 159 Å². The predicted molar refractivity (Wildman–Crippen MR) is 110 cm³/mol. The second-order valence-electron chi connectivity index (χ2n) is 7.61. The largest absolute Gasteiger partial charge is 0.438 e. The van der Waals surface area contributed by atoms with E-state index >= 15 is 0 Å². The van der Waals surface area contributed by atoms with Gasteiger partial charge in [0.05, 0.1) is 10.9 Å². The molecule has 1 heterocycles. The van der Waals surface area contributed by atoms with E-state index < -0.39 is 0 Å². The Kier molecular flexibility index (Phi) is 4.36. The molecule has 0 amide bonds. The van der Waals surface area contributed by atoms with Gasteiger partial charge >= 0.3 is 0 Å². The maximum atomic E-state index is 6.17. The van der Waals surface area contributed by atoms with Crippen LogP contribution in [0.25, 0.3) is 22.3 Å². The average molecular weight is 354 g/mol. The Bertz CT molecular complexity index is 1060. The maximum Gasteiger partial charge on any atom is 0.230 e. The van der Waals surface area contributed by atoms with Crippen LogP contribution in [-0.4, -0.2) is 9.97 Å². The number of aromatic nitrogens is 2. The minimum Gasteiger partial charge on any atom is -0.438 e. The highest BCUT2D eigenvalue weighted by Crippen LogP contribution is 2.31. The van der Waals surface area contributed by atoms with Gasteiger partial charge in [-0.1, -0.05) is 75.4 Å². The van der Waals surface area contributed by atoms with Crippen molar-refractivity contribution in [1.29, 1.82) is 0 Å². The summed E-state index contributed by atoms with van der Waals surface area (Å²) in [6, 6.07) is 26.1. The molecule has 1 aromatic heterocycles. The van der Waals surface area contributed by atoms with Gasteiger partial charge in [-0.2, -0.15) is 4.98 Å². The Balaban J connectivity index is 1.76. The van der Waals surface area contributed by atoms with E-state index in [1.165, 1.54) is 5.56 Å². The van der Waals surface area contributed by atoms with Gasteiger partial charge < -0.3 is 4.74 Å². The summed E-state index contributed by atoms with van der Waals surface area (Å²) in [4.78, 5) is 9.41. The SMILES string of the molecule is CC(C)(C)c1ccc(Oc2nc(-c3ccccc3)nc3ccccc23)cc1. The second kappa shape index (κ2) is 6.84. The average Bonchev–Trinajstić information content (AvgIpc) is 2.68. The number of hydrogen-bond acceptors (Lipinski definition) is 3. The standard InChI is InChI=1S/C24H22N2O/c1-24(2,3)18-13-15-19(16-14-18)27-23-20-11-7-8-12-21(20)25-22(26-23)17-9-5-4-6-10-17/h4-16H,1-3H3. The molecule has 0 aliphatic heterocycles. The van der Waals surface area contributed by atoms with Gasteiger partial charge in [-0.3, -0.25) is 0 Å². The molecule has 0 aliphatic rings. The molecule has 3 heteroatoms. The van der Waals surface area contributed by atoms with Crippen molar-refractivity contribution < 1.29 is 4.74 Å². The fourth-order valence-electron chi connectivity index (χ4n) is 2.98. The molecule has 0 saturated heterocycles. The lowest BCUT2D eigenvalue weighted by molar-refractivity contribution is 0.468. The summed E-state index contributed by atoms with van der Waals surface area (Å²) in [6.07, 6.45) is 0. The zero-order valence-corrected chi connectivity index (χ0v) is 15.8. The van der Waals surface area contributed by atoms with Crippen LogP contribution in [0.4, 0.5) is 0 Å². The van der Waals surface area contributed by atoms with Crippen LogP contribution in [0.5, 0.6) is 11.6 Å². The van der Waals surface area contributed by atoms with Crippen molar-refractivity contribution >= 4 is 10.9 Å². The van der Waals surface area contributed by atoms with Crippen molar-refractivity contribution in [3.8, 4) is 23.0 Å². The molecule has 0 fully saturated rings. The van der Waals surface area contributed by atoms with E-state index in [0.29, 0.717) is 11.7 Å². The summed E-state index contributed by atoms with van der Waals surface area (Å²) in [6.45, 7) is 6.60. The van der Waals surface area contributed by atoms with Crippen molar-refractivity contribution in [2.45, 2.75) is 26.2 Å². The Morgan fingerprint density at radius 1 is 0.704 bits per heavy atom. The molecule has 0 N–H and O–H groups in total. The number of benzene rings is 3. The molecule has 0 radical (unpaired) electrons. The summed E-state index contributed by atoms with van der Waals surface area (Å²) in [7, 11) is 0. The molecule has 0 bridgehead atoms. The van der Waals surface area contributed by atoms with Gasteiger partial charge in [-0.25, -0.2) is 4.98 Å². The Morgan fingerprint density at radius 2 is 1.37 bits per heavy atom. The van der Waals surface area contributed by atoms with Crippen LogP contribution in [0, 0.1) is 0 Å². The summed E-state index contributed by atoms with van der Waals surface area (Å²) in [5, 5.41) is 0.900. The molecule has 134 valence electrons. The van der Waals surface area contributed by atoms with E-state index in [1.54, 1.807) is 0 Å². The van der Waals surface area contributed by atoms with Crippen molar-refractivity contribution in [1.82, 2.24) is 9.97 Å². The number of hydrogen-bond donors (Lipinski definition) is 0. The number of nitrogens with zero attached hydrogens (tertiary/aromatic N) is 2. The van der Waals surface area contributed by atoms with Crippen molar-refractivity contribution in [2.75, 3.05) is 0 Å². The smallest absolute Gasteiger partial charge is 0.230 e. The monoisotopic (exact) mass is 354 g/mol. The fourth-order valence-corrected chi connectivity index (χ4v) is 2.98.